The van der Waals surface area contributed by atoms with Crippen LogP contribution in [-0.2, 0) is 51.2 Å². The molecule has 4 aromatic heterocycles. The van der Waals surface area contributed by atoms with Crippen molar-refractivity contribution in [2.45, 2.75) is 46.9 Å². The third-order valence-electron chi connectivity index (χ3n) is 13.0. The average Bonchev–Trinajstić information content (AvgIpc) is 4.18. The largest absolute Gasteiger partial charge is 0.504 e. The summed E-state index contributed by atoms with van der Waals surface area (Å²) in [5.74, 6) is -1.00. The third-order valence-corrected chi connectivity index (χ3v) is 14.0. The second kappa shape index (κ2) is 27.4. The van der Waals surface area contributed by atoms with E-state index >= 15 is 0 Å². The molecular formula is C57H65N9O12S. The maximum atomic E-state index is 13.3. The number of carbonyl (C=O) groups excluding carboxylic acids is 2. The summed E-state index contributed by atoms with van der Waals surface area (Å²) in [5, 5.41) is 23.4. The number of ketones is 1. The quantitative estimate of drug-likeness (QED) is 0.0168. The van der Waals surface area contributed by atoms with Crippen LogP contribution in [0, 0.1) is 13.8 Å². The molecule has 9 rings (SSSR count). The molecule has 6 heterocycles. The van der Waals surface area contributed by atoms with Gasteiger partial charge in [0.15, 0.2) is 17.1 Å². The lowest BCUT2D eigenvalue weighted by Crippen LogP contribution is -2.52. The van der Waals surface area contributed by atoms with Gasteiger partial charge in [-0.1, -0.05) is 41.2 Å². The maximum Gasteiger partial charge on any atom is 0.345 e. The maximum absolute atomic E-state index is 13.3. The van der Waals surface area contributed by atoms with Crippen molar-refractivity contribution in [2.75, 3.05) is 109 Å². The van der Waals surface area contributed by atoms with Gasteiger partial charge in [0.2, 0.25) is 5.78 Å². The lowest BCUT2D eigenvalue weighted by Gasteiger charge is -2.41. The molecule has 3 aromatic carbocycles. The Kier molecular flexibility index (Phi) is 19.5. The molecule has 0 spiro atoms. The van der Waals surface area contributed by atoms with E-state index in [-0.39, 0.29) is 36.9 Å². The van der Waals surface area contributed by atoms with Crippen molar-refractivity contribution in [3.63, 3.8) is 0 Å². The number of hydrogen-bond donors (Lipinski definition) is 2. The number of imidazole rings is 1. The second-order valence-corrected chi connectivity index (χ2v) is 19.8. The Balaban J connectivity index is 0.575. The molecule has 1 atom stereocenters. The van der Waals surface area contributed by atoms with E-state index in [9.17, 15) is 19.5 Å². The van der Waals surface area contributed by atoms with Crippen LogP contribution < -0.4 is 20.6 Å². The molecule has 79 heavy (non-hydrogen) atoms. The number of phenols is 1. The molecule has 22 heteroatoms. The number of rotatable bonds is 28. The van der Waals surface area contributed by atoms with Crippen LogP contribution in [0.1, 0.15) is 36.5 Å². The summed E-state index contributed by atoms with van der Waals surface area (Å²) in [5.41, 5.74) is 6.42. The van der Waals surface area contributed by atoms with E-state index in [1.54, 1.807) is 36.0 Å². The Bertz CT molecular complexity index is 3340. The van der Waals surface area contributed by atoms with Gasteiger partial charge in [-0.25, -0.2) is 19.3 Å². The van der Waals surface area contributed by atoms with Crippen LogP contribution in [0.4, 0.5) is 11.4 Å². The van der Waals surface area contributed by atoms with Crippen LogP contribution in [0.15, 0.2) is 116 Å². The van der Waals surface area contributed by atoms with E-state index in [0.717, 1.165) is 66.1 Å². The first-order chi connectivity index (χ1) is 38.5. The predicted octanol–water partition coefficient (Wildman–Crippen LogP) is 6.83. The predicted molar refractivity (Wildman–Crippen MR) is 298 cm³/mol. The molecule has 0 bridgehead atoms. The highest BCUT2D eigenvalue weighted by atomic mass is 32.2. The Hall–Kier alpha value is -7.44. The fraction of sp³-hybridized carbons (Fsp3) is 0.386. The number of fused-ring (bicyclic) bond motifs is 2. The number of nitrogens with zero attached hydrogens (tertiary/aromatic N) is 8. The van der Waals surface area contributed by atoms with Gasteiger partial charge in [-0.2, -0.15) is 0 Å². The Morgan fingerprint density at radius 2 is 1.58 bits per heavy atom. The van der Waals surface area contributed by atoms with Gasteiger partial charge in [-0.3, -0.25) is 14.7 Å². The molecule has 2 aliphatic heterocycles. The van der Waals surface area contributed by atoms with Gasteiger partial charge in [-0.05, 0) is 81.8 Å². The normalized spacial score (nSPS) is 15.5. The number of para-hydroxylation sites is 1. The first kappa shape index (κ1) is 56.3. The van der Waals surface area contributed by atoms with E-state index in [2.05, 4.69) is 48.4 Å². The minimum atomic E-state index is -0.700. The van der Waals surface area contributed by atoms with Crippen LogP contribution in [-0.4, -0.2) is 156 Å². The van der Waals surface area contributed by atoms with E-state index in [1.807, 2.05) is 79.2 Å². The molecular weight excluding hydrogens is 1030 g/mol. The van der Waals surface area contributed by atoms with Crippen LogP contribution >= 0.6 is 11.8 Å². The molecule has 0 amide bonds. The van der Waals surface area contributed by atoms with Crippen molar-refractivity contribution in [3.05, 3.63) is 140 Å². The number of esters is 1. The summed E-state index contributed by atoms with van der Waals surface area (Å²) in [6.07, 6.45) is 7.15. The van der Waals surface area contributed by atoms with Gasteiger partial charge in [0, 0.05) is 67.4 Å². The number of nitrogens with one attached hydrogen (secondary N) is 1. The number of thioether (sulfide) groups is 1. The number of aromatic nitrogens is 6. The summed E-state index contributed by atoms with van der Waals surface area (Å²) >= 11 is 1.13. The Labute approximate surface area is 461 Å². The van der Waals surface area contributed by atoms with Gasteiger partial charge in [0.05, 0.1) is 118 Å². The molecule has 21 nitrogen and oxygen atoms in total. The Morgan fingerprint density at radius 1 is 0.835 bits per heavy atom. The lowest BCUT2D eigenvalue weighted by atomic mass is 10.1. The van der Waals surface area contributed by atoms with E-state index < -0.39 is 17.4 Å². The number of aromatic hydroxyl groups is 1. The molecule has 1 unspecified atom stereocenters. The number of phenolic OH excluding ortho intramolecular Hbond substituents is 1. The SMILES string of the molecule is CCOC(=O)C1=C(Nc2ccccc2)S/C(=C\c2ccc(OCCOCCn3cc(COCCOCCOCCOCCN4CCN(c5ccc6cc(-c7cn8cc(C)nc(C)c8n7)c(=O)oc6c5)CC4C)nn3)c(O)c2)C1=O. The number of hydrogen-bond acceptors (Lipinski definition) is 20. The summed E-state index contributed by atoms with van der Waals surface area (Å²) in [6, 6.07) is 22.2. The molecule has 7 aromatic rings. The van der Waals surface area contributed by atoms with Crippen LogP contribution in [0.2, 0.25) is 0 Å². The lowest BCUT2D eigenvalue weighted by molar-refractivity contribution is -0.139. The van der Waals surface area contributed by atoms with Gasteiger partial charge >= 0.3 is 11.6 Å². The van der Waals surface area contributed by atoms with Gasteiger partial charge in [-0.15, -0.1) is 5.10 Å². The van der Waals surface area contributed by atoms with Crippen molar-refractivity contribution < 1.29 is 52.3 Å². The highest BCUT2D eigenvalue weighted by Crippen LogP contribution is 2.41. The molecule has 1 fully saturated rings. The topological polar surface area (TPSA) is 229 Å². The smallest absolute Gasteiger partial charge is 0.345 e. The number of allylic oxidation sites excluding steroid dienone is 1. The molecule has 1 saturated heterocycles. The van der Waals surface area contributed by atoms with Crippen molar-refractivity contribution >= 4 is 57.6 Å². The number of benzene rings is 3. The molecule has 0 aliphatic carbocycles. The molecule has 0 radical (unpaired) electrons. The zero-order chi connectivity index (χ0) is 55.1. The van der Waals surface area contributed by atoms with Gasteiger partial charge in [0.1, 0.15) is 23.5 Å². The van der Waals surface area contributed by atoms with E-state index in [4.69, 9.17) is 37.6 Å². The van der Waals surface area contributed by atoms with E-state index in [1.165, 1.54) is 6.07 Å². The monoisotopic (exact) mass is 1100 g/mol. The number of anilines is 2. The third kappa shape index (κ3) is 15.0. The second-order valence-electron chi connectivity index (χ2n) is 18.7. The van der Waals surface area contributed by atoms with Crippen molar-refractivity contribution in [1.82, 2.24) is 34.3 Å². The fourth-order valence-electron chi connectivity index (χ4n) is 9.03. The first-order valence-corrected chi connectivity index (χ1v) is 27.1. The molecule has 416 valence electrons. The number of Topliss-reactive ketones (excluding diaryl/α,β-unsaturated/α-hetero) is 1. The summed E-state index contributed by atoms with van der Waals surface area (Å²) in [7, 11) is 0. The summed E-state index contributed by atoms with van der Waals surface area (Å²) in [6.45, 7) is 16.2. The van der Waals surface area contributed by atoms with Crippen LogP contribution in [0.5, 0.6) is 11.5 Å². The molecule has 2 aliphatic rings. The number of piperazine rings is 1. The van der Waals surface area contributed by atoms with Gasteiger partial charge < -0.3 is 57.3 Å². The van der Waals surface area contributed by atoms with Crippen LogP contribution in [0.25, 0.3) is 33.9 Å². The minimum Gasteiger partial charge on any atom is -0.504 e. The molecule has 0 saturated carbocycles. The van der Waals surface area contributed by atoms with Crippen molar-refractivity contribution in [1.29, 1.82) is 0 Å². The zero-order valence-electron chi connectivity index (χ0n) is 44.8. The zero-order valence-corrected chi connectivity index (χ0v) is 45.6. The standard InChI is InChI=1S/C57H65N9O12S/c1-5-76-57(70)52-53(68)51(79-55(52)59-43-9-7-6-8-10-43)30-41-11-14-49(48(67)29-41)77-28-27-72-20-18-66-35-44(61-62-66)37-75-26-25-74-24-23-73-22-21-71-19-17-63-15-16-64(34-39(63)3)45-13-12-42-31-46(56(69)78-50(42)32-45)47-36-65-33-38(2)58-40(4)54(65)60-47/h6-14,29-33,35-36,39,59,67H,5,15-28,34,37H2,1-4H3/b51-30-. The minimum absolute atomic E-state index is 0.0646. The fourth-order valence-corrected chi connectivity index (χ4v) is 10.1. The van der Waals surface area contributed by atoms with Crippen molar-refractivity contribution in [2.24, 2.45) is 0 Å². The number of ether oxygens (including phenoxy) is 7. The van der Waals surface area contributed by atoms with E-state index in [0.29, 0.717) is 116 Å². The molecule has 2 N–H and O–H groups in total. The first-order valence-electron chi connectivity index (χ1n) is 26.3. The van der Waals surface area contributed by atoms with Gasteiger partial charge in [0.25, 0.3) is 0 Å². The van der Waals surface area contributed by atoms with Crippen LogP contribution in [0.3, 0.4) is 0 Å². The number of aryl methyl sites for hydroxylation is 2. The average molecular weight is 1100 g/mol. The highest BCUT2D eigenvalue weighted by Gasteiger charge is 2.35. The highest BCUT2D eigenvalue weighted by molar-refractivity contribution is 8.08. The number of carbonyl (C=O) groups is 2. The summed E-state index contributed by atoms with van der Waals surface area (Å²) in [4.78, 5) is 53.4. The summed E-state index contributed by atoms with van der Waals surface area (Å²) < 4.78 is 48.9. The Morgan fingerprint density at radius 3 is 2.34 bits per heavy atom. The van der Waals surface area contributed by atoms with Crippen molar-refractivity contribution in [3.8, 4) is 22.8 Å².